The third-order valence-corrected chi connectivity index (χ3v) is 8.09. The number of hydrogen-bond acceptors (Lipinski definition) is 9. The normalized spacial score (nSPS) is 19.7. The maximum atomic E-state index is 13.6. The van der Waals surface area contributed by atoms with Gasteiger partial charge < -0.3 is 25.8 Å². The minimum Gasteiger partial charge on any atom is -0.509 e. The van der Waals surface area contributed by atoms with E-state index in [0.29, 0.717) is 13.0 Å². The van der Waals surface area contributed by atoms with E-state index in [4.69, 9.17) is 10.5 Å². The predicted octanol–water partition coefficient (Wildman–Crippen LogP) is 2.64. The van der Waals surface area contributed by atoms with Crippen LogP contribution in [0.4, 0.5) is 16.2 Å². The molecule has 1 atom stereocenters. The van der Waals surface area contributed by atoms with E-state index in [2.05, 4.69) is 10.0 Å². The first-order valence-corrected chi connectivity index (χ1v) is 14.8. The molecule has 0 saturated carbocycles. The number of nitrogens with one attached hydrogen (secondary N) is 2. The molecule has 1 aromatic carbocycles. The molecule has 1 aromatic rings. The summed E-state index contributed by atoms with van der Waals surface area (Å²) in [6.07, 6.45) is 0.0743. The van der Waals surface area contributed by atoms with Crippen LogP contribution in [0, 0.1) is 11.3 Å². The lowest BCUT2D eigenvalue weighted by Gasteiger charge is -2.35. The molecule has 37 heavy (non-hydrogen) atoms. The summed E-state index contributed by atoms with van der Waals surface area (Å²) >= 11 is 0. The van der Waals surface area contributed by atoms with E-state index in [9.17, 15) is 31.5 Å². The number of benzene rings is 1. The molecule has 0 bridgehead atoms. The van der Waals surface area contributed by atoms with Crippen LogP contribution in [0.2, 0.25) is 0 Å². The van der Waals surface area contributed by atoms with Crippen LogP contribution in [-0.4, -0.2) is 57.7 Å². The topological polar surface area (TPSA) is 185 Å². The molecule has 0 unspecified atom stereocenters. The highest BCUT2D eigenvalue weighted by Gasteiger charge is 2.49. The van der Waals surface area contributed by atoms with Crippen LogP contribution in [0.1, 0.15) is 41.0 Å². The number of hydrogen-bond donors (Lipinski definition) is 4. The Hall–Kier alpha value is -3.26. The van der Waals surface area contributed by atoms with Crippen LogP contribution in [-0.2, 0) is 29.4 Å². The van der Waals surface area contributed by atoms with Gasteiger partial charge in [-0.05, 0) is 36.0 Å². The van der Waals surface area contributed by atoms with Gasteiger partial charge in [0.1, 0.15) is 21.9 Å². The SMILES string of the molecule is CC(C)CCN1C(=O)C(C2=C(OC(N)=O)S(=O)(=O)c3cc(NS(C)(=O)=O)ccc3N2)=C(O)[C@@H]1C(C)(C)C. The van der Waals surface area contributed by atoms with Gasteiger partial charge in [-0.2, -0.15) is 0 Å². The smallest absolute Gasteiger partial charge is 0.410 e. The second-order valence-corrected chi connectivity index (χ2v) is 14.1. The Balaban J connectivity index is 2.24. The molecule has 0 radical (unpaired) electrons. The van der Waals surface area contributed by atoms with Crippen molar-refractivity contribution in [3.8, 4) is 0 Å². The van der Waals surface area contributed by atoms with E-state index in [1.165, 1.54) is 17.0 Å². The molecule has 14 heteroatoms. The number of carbonyl (C=O) groups excluding carboxylic acids is 2. The van der Waals surface area contributed by atoms with Crippen molar-refractivity contribution in [2.45, 2.75) is 52.0 Å². The molecule has 0 spiro atoms. The van der Waals surface area contributed by atoms with Gasteiger partial charge in [0.25, 0.3) is 11.0 Å². The molecule has 0 aliphatic carbocycles. The molecular formula is C23H32N4O8S2. The van der Waals surface area contributed by atoms with Crippen molar-refractivity contribution < 1.29 is 36.3 Å². The van der Waals surface area contributed by atoms with Gasteiger partial charge in [-0.15, -0.1) is 0 Å². The number of amides is 2. The lowest BCUT2D eigenvalue weighted by atomic mass is 9.85. The zero-order valence-corrected chi connectivity index (χ0v) is 23.1. The van der Waals surface area contributed by atoms with Crippen molar-refractivity contribution in [2.24, 2.45) is 17.1 Å². The van der Waals surface area contributed by atoms with Gasteiger partial charge in [0.2, 0.25) is 19.9 Å². The summed E-state index contributed by atoms with van der Waals surface area (Å²) in [6, 6.07) is 2.87. The number of carbonyl (C=O) groups is 2. The van der Waals surface area contributed by atoms with Gasteiger partial charge in [0.05, 0.1) is 18.0 Å². The van der Waals surface area contributed by atoms with Crippen LogP contribution in [0.5, 0.6) is 0 Å². The summed E-state index contributed by atoms with van der Waals surface area (Å²) in [5.41, 5.74) is 3.67. The lowest BCUT2D eigenvalue weighted by molar-refractivity contribution is -0.128. The Morgan fingerprint density at radius 2 is 1.92 bits per heavy atom. The van der Waals surface area contributed by atoms with Crippen LogP contribution in [0.3, 0.4) is 0 Å². The van der Waals surface area contributed by atoms with Crippen molar-refractivity contribution in [3.63, 3.8) is 0 Å². The number of rotatable bonds is 7. The summed E-state index contributed by atoms with van der Waals surface area (Å²) in [5, 5.41) is 13.1. The molecule has 2 amide bonds. The van der Waals surface area contributed by atoms with Crippen molar-refractivity contribution in [2.75, 3.05) is 22.8 Å². The van der Waals surface area contributed by atoms with E-state index in [1.807, 2.05) is 34.6 Å². The van der Waals surface area contributed by atoms with Gasteiger partial charge >= 0.3 is 6.09 Å². The highest BCUT2D eigenvalue weighted by atomic mass is 32.2. The van der Waals surface area contributed by atoms with E-state index >= 15 is 0 Å². The summed E-state index contributed by atoms with van der Waals surface area (Å²) in [5.74, 6) is -0.758. The Bertz CT molecular complexity index is 1420. The van der Waals surface area contributed by atoms with E-state index < -0.39 is 59.0 Å². The third-order valence-electron chi connectivity index (χ3n) is 5.79. The first-order chi connectivity index (χ1) is 16.8. The fraction of sp³-hybridized carbons (Fsp3) is 0.478. The Morgan fingerprint density at radius 1 is 1.30 bits per heavy atom. The van der Waals surface area contributed by atoms with E-state index in [0.717, 1.165) is 12.3 Å². The Morgan fingerprint density at radius 3 is 2.43 bits per heavy atom. The number of primary amides is 1. The van der Waals surface area contributed by atoms with Crippen molar-refractivity contribution in [1.82, 2.24) is 4.90 Å². The molecule has 2 heterocycles. The molecule has 0 fully saturated rings. The summed E-state index contributed by atoms with van der Waals surface area (Å²) in [7, 11) is -8.37. The predicted molar refractivity (Wildman–Crippen MR) is 137 cm³/mol. The summed E-state index contributed by atoms with van der Waals surface area (Å²) < 4.78 is 57.5. The van der Waals surface area contributed by atoms with Gasteiger partial charge in [0, 0.05) is 12.2 Å². The highest BCUT2D eigenvalue weighted by molar-refractivity contribution is 7.95. The Labute approximate surface area is 216 Å². The summed E-state index contributed by atoms with van der Waals surface area (Å²) in [4.78, 5) is 26.4. The summed E-state index contributed by atoms with van der Waals surface area (Å²) in [6.45, 7) is 9.77. The largest absolute Gasteiger partial charge is 0.509 e. The minimum atomic E-state index is -4.64. The molecule has 204 valence electrons. The molecular weight excluding hydrogens is 524 g/mol. The van der Waals surface area contributed by atoms with Crippen LogP contribution in [0.15, 0.2) is 45.2 Å². The highest BCUT2D eigenvalue weighted by Crippen LogP contribution is 2.44. The van der Waals surface area contributed by atoms with E-state index in [1.54, 1.807) is 0 Å². The standard InChI is InChI=1S/C23H32N4O8S2/c1-12(2)9-10-27-19(23(3,4)5)18(28)16(20(27)29)17-21(35-22(24)30)37(33,34)15-11-13(26-36(6,31)32)7-8-14(15)25-17/h7-8,11-12,19,25-26,28H,9-10H2,1-6H3,(H2,24,30)/t19-/m1/s1. The van der Waals surface area contributed by atoms with Crippen LogP contribution >= 0.6 is 0 Å². The molecule has 2 aliphatic rings. The third kappa shape index (κ3) is 5.69. The fourth-order valence-corrected chi connectivity index (χ4v) is 6.36. The van der Waals surface area contributed by atoms with Gasteiger partial charge in [-0.25, -0.2) is 21.6 Å². The lowest BCUT2D eigenvalue weighted by Crippen LogP contribution is -2.44. The zero-order chi connectivity index (χ0) is 28.1. The number of fused-ring (bicyclic) bond motifs is 1. The first kappa shape index (κ1) is 28.3. The zero-order valence-electron chi connectivity index (χ0n) is 21.4. The second kappa shape index (κ2) is 9.56. The van der Waals surface area contributed by atoms with Gasteiger partial charge in [0.15, 0.2) is 0 Å². The van der Waals surface area contributed by atoms with Crippen LogP contribution < -0.4 is 15.8 Å². The van der Waals surface area contributed by atoms with Crippen molar-refractivity contribution >= 4 is 43.2 Å². The molecule has 5 N–H and O–H groups in total. The minimum absolute atomic E-state index is 0.0214. The number of nitrogens with two attached hydrogens (primary N) is 1. The van der Waals surface area contributed by atoms with Crippen molar-refractivity contribution in [1.29, 1.82) is 0 Å². The maximum Gasteiger partial charge on any atom is 0.410 e. The number of anilines is 2. The Kier molecular flexibility index (Phi) is 7.32. The average molecular weight is 557 g/mol. The average Bonchev–Trinajstić information content (AvgIpc) is 2.97. The number of nitrogens with zero attached hydrogens (tertiary/aromatic N) is 1. The first-order valence-electron chi connectivity index (χ1n) is 11.4. The quantitative estimate of drug-likeness (QED) is 0.392. The van der Waals surface area contributed by atoms with Gasteiger partial charge in [-0.3, -0.25) is 9.52 Å². The second-order valence-electron chi connectivity index (χ2n) is 10.5. The van der Waals surface area contributed by atoms with Crippen molar-refractivity contribution in [3.05, 3.63) is 40.3 Å². The monoisotopic (exact) mass is 556 g/mol. The maximum absolute atomic E-state index is 13.6. The molecule has 12 nitrogen and oxygen atoms in total. The molecule has 3 rings (SSSR count). The number of aliphatic hydroxyl groups is 1. The van der Waals surface area contributed by atoms with E-state index in [-0.39, 0.29) is 28.6 Å². The van der Waals surface area contributed by atoms with Gasteiger partial charge in [-0.1, -0.05) is 34.6 Å². The molecule has 0 aromatic heterocycles. The fourth-order valence-electron chi connectivity index (χ4n) is 4.30. The number of sulfonamides is 1. The molecule has 0 saturated heterocycles. The number of aliphatic hydroxyl groups excluding tert-OH is 1. The van der Waals surface area contributed by atoms with Crippen LogP contribution in [0.25, 0.3) is 0 Å². The number of ether oxygens (including phenoxy) is 1. The number of sulfone groups is 1. The molecule has 2 aliphatic heterocycles.